The Kier molecular flexibility index (Phi) is 4.80. The smallest absolute Gasteiger partial charge is 0.305 e. The van der Waals surface area contributed by atoms with Crippen molar-refractivity contribution in [2.24, 2.45) is 0 Å². The molecule has 0 aliphatic heterocycles. The molecule has 0 saturated carbocycles. The number of hydrogen-bond donors (Lipinski definition) is 2. The SMILES string of the molecule is CCc1ccc(C(=O)NNC(=O)c2oc3c(C)ccc(C)c3c2C)cc1. The summed E-state index contributed by atoms with van der Waals surface area (Å²) in [7, 11) is 0. The minimum Gasteiger partial charge on any atom is -0.450 e. The Morgan fingerprint density at radius 3 is 2.12 bits per heavy atom. The molecule has 0 unspecified atom stereocenters. The molecule has 134 valence electrons. The summed E-state index contributed by atoms with van der Waals surface area (Å²) < 4.78 is 5.78. The van der Waals surface area contributed by atoms with Crippen molar-refractivity contribution in [1.82, 2.24) is 10.9 Å². The molecule has 2 N–H and O–H groups in total. The first kappa shape index (κ1) is 17.7. The standard InChI is InChI=1S/C21H22N2O3/c1-5-15-8-10-16(11-9-15)20(24)22-23-21(25)19-14(4)17-12(2)6-7-13(3)18(17)26-19/h6-11H,5H2,1-4H3,(H,22,24)(H,23,25). The number of furan rings is 1. The number of hydrogen-bond acceptors (Lipinski definition) is 3. The lowest BCUT2D eigenvalue weighted by Crippen LogP contribution is -2.41. The Bertz CT molecular complexity index is 985. The Hall–Kier alpha value is -3.08. The maximum atomic E-state index is 12.5. The third-order valence-corrected chi connectivity index (χ3v) is 4.60. The van der Waals surface area contributed by atoms with E-state index in [4.69, 9.17) is 4.42 Å². The van der Waals surface area contributed by atoms with Gasteiger partial charge in [-0.1, -0.05) is 31.2 Å². The van der Waals surface area contributed by atoms with Gasteiger partial charge in [0.05, 0.1) is 0 Å². The highest BCUT2D eigenvalue weighted by Gasteiger charge is 2.20. The van der Waals surface area contributed by atoms with Crippen LogP contribution in [0, 0.1) is 20.8 Å². The second-order valence-corrected chi connectivity index (χ2v) is 6.42. The van der Waals surface area contributed by atoms with Gasteiger partial charge in [-0.25, -0.2) is 0 Å². The molecule has 0 aliphatic rings. The van der Waals surface area contributed by atoms with E-state index < -0.39 is 5.91 Å². The number of amides is 2. The molecule has 2 amide bonds. The number of carbonyl (C=O) groups excluding carboxylic acids is 2. The van der Waals surface area contributed by atoms with Crippen LogP contribution in [-0.2, 0) is 6.42 Å². The van der Waals surface area contributed by atoms with Crippen LogP contribution in [0.15, 0.2) is 40.8 Å². The van der Waals surface area contributed by atoms with E-state index in [9.17, 15) is 9.59 Å². The molecule has 0 bridgehead atoms. The van der Waals surface area contributed by atoms with Crippen molar-refractivity contribution in [3.05, 3.63) is 70.0 Å². The summed E-state index contributed by atoms with van der Waals surface area (Å²) in [5, 5.41) is 0.941. The highest BCUT2D eigenvalue weighted by atomic mass is 16.3. The van der Waals surface area contributed by atoms with Gasteiger partial charge in [0.1, 0.15) is 5.58 Å². The van der Waals surface area contributed by atoms with Crippen molar-refractivity contribution in [3.63, 3.8) is 0 Å². The van der Waals surface area contributed by atoms with Crippen LogP contribution in [0.3, 0.4) is 0 Å². The first-order valence-electron chi connectivity index (χ1n) is 8.61. The molecule has 3 rings (SSSR count). The second-order valence-electron chi connectivity index (χ2n) is 6.42. The van der Waals surface area contributed by atoms with Crippen molar-refractivity contribution in [1.29, 1.82) is 0 Å². The molecule has 2 aromatic carbocycles. The Labute approximate surface area is 152 Å². The van der Waals surface area contributed by atoms with E-state index >= 15 is 0 Å². The van der Waals surface area contributed by atoms with Gasteiger partial charge in [-0.15, -0.1) is 0 Å². The maximum Gasteiger partial charge on any atom is 0.305 e. The highest BCUT2D eigenvalue weighted by molar-refractivity contribution is 6.02. The number of aryl methyl sites for hydroxylation is 4. The summed E-state index contributed by atoms with van der Waals surface area (Å²) in [5.74, 6) is -0.641. The molecule has 5 heteroatoms. The predicted molar refractivity (Wildman–Crippen MR) is 101 cm³/mol. The molecule has 3 aromatic rings. The molecule has 0 saturated heterocycles. The van der Waals surface area contributed by atoms with E-state index in [1.54, 1.807) is 12.1 Å². The summed E-state index contributed by atoms with van der Waals surface area (Å²) in [5.41, 5.74) is 9.98. The summed E-state index contributed by atoms with van der Waals surface area (Å²) in [6, 6.07) is 11.2. The minimum atomic E-state index is -0.476. The number of nitrogens with one attached hydrogen (secondary N) is 2. The van der Waals surface area contributed by atoms with Gasteiger partial charge in [-0.3, -0.25) is 20.4 Å². The van der Waals surface area contributed by atoms with E-state index in [-0.39, 0.29) is 11.7 Å². The molecule has 1 heterocycles. The summed E-state index contributed by atoms with van der Waals surface area (Å²) in [6.07, 6.45) is 0.906. The summed E-state index contributed by atoms with van der Waals surface area (Å²) in [6.45, 7) is 7.81. The number of rotatable bonds is 3. The quantitative estimate of drug-likeness (QED) is 0.702. The molecule has 0 fully saturated rings. The molecule has 1 aromatic heterocycles. The summed E-state index contributed by atoms with van der Waals surface area (Å²) >= 11 is 0. The third kappa shape index (κ3) is 3.20. The van der Waals surface area contributed by atoms with E-state index in [0.717, 1.165) is 34.1 Å². The zero-order valence-corrected chi connectivity index (χ0v) is 15.4. The van der Waals surface area contributed by atoms with Crippen molar-refractivity contribution < 1.29 is 14.0 Å². The molecular formula is C21H22N2O3. The van der Waals surface area contributed by atoms with Crippen LogP contribution in [-0.4, -0.2) is 11.8 Å². The van der Waals surface area contributed by atoms with Crippen LogP contribution >= 0.6 is 0 Å². The van der Waals surface area contributed by atoms with Crippen LogP contribution in [0.1, 0.15) is 50.1 Å². The average molecular weight is 350 g/mol. The van der Waals surface area contributed by atoms with Gasteiger partial charge in [0.15, 0.2) is 5.76 Å². The van der Waals surface area contributed by atoms with Crippen molar-refractivity contribution >= 4 is 22.8 Å². The molecule has 26 heavy (non-hydrogen) atoms. The fraction of sp³-hybridized carbons (Fsp3) is 0.238. The largest absolute Gasteiger partial charge is 0.450 e. The van der Waals surface area contributed by atoms with Crippen LogP contribution in [0.4, 0.5) is 0 Å². The number of hydrazine groups is 1. The molecule has 5 nitrogen and oxygen atoms in total. The zero-order valence-electron chi connectivity index (χ0n) is 15.4. The van der Waals surface area contributed by atoms with E-state index in [0.29, 0.717) is 11.1 Å². The highest BCUT2D eigenvalue weighted by Crippen LogP contribution is 2.30. The number of carbonyl (C=O) groups is 2. The van der Waals surface area contributed by atoms with E-state index in [1.807, 2.05) is 52.0 Å². The van der Waals surface area contributed by atoms with Crippen LogP contribution in [0.2, 0.25) is 0 Å². The van der Waals surface area contributed by atoms with Crippen LogP contribution in [0.25, 0.3) is 11.0 Å². The molecule has 0 radical (unpaired) electrons. The van der Waals surface area contributed by atoms with Gasteiger partial charge in [-0.2, -0.15) is 0 Å². The third-order valence-electron chi connectivity index (χ3n) is 4.60. The topological polar surface area (TPSA) is 71.3 Å². The second kappa shape index (κ2) is 7.04. The van der Waals surface area contributed by atoms with Crippen molar-refractivity contribution in [2.45, 2.75) is 34.1 Å². The lowest BCUT2D eigenvalue weighted by atomic mass is 10.0. The van der Waals surface area contributed by atoms with Gasteiger partial charge in [0.25, 0.3) is 5.91 Å². The lowest BCUT2D eigenvalue weighted by Gasteiger charge is -2.07. The normalized spacial score (nSPS) is 10.8. The van der Waals surface area contributed by atoms with Crippen molar-refractivity contribution in [3.8, 4) is 0 Å². The zero-order chi connectivity index (χ0) is 18.8. The minimum absolute atomic E-state index is 0.207. The monoisotopic (exact) mass is 350 g/mol. The number of fused-ring (bicyclic) bond motifs is 1. The molecule has 0 atom stereocenters. The van der Waals surface area contributed by atoms with Crippen LogP contribution < -0.4 is 10.9 Å². The van der Waals surface area contributed by atoms with Gasteiger partial charge >= 0.3 is 5.91 Å². The number of benzene rings is 2. The van der Waals surface area contributed by atoms with Crippen molar-refractivity contribution in [2.75, 3.05) is 0 Å². The first-order chi connectivity index (χ1) is 12.4. The Balaban J connectivity index is 1.77. The van der Waals surface area contributed by atoms with Gasteiger partial charge in [0, 0.05) is 16.5 Å². The predicted octanol–water partition coefficient (Wildman–Crippen LogP) is 4.00. The van der Waals surface area contributed by atoms with Gasteiger partial charge in [0.2, 0.25) is 0 Å². The van der Waals surface area contributed by atoms with Gasteiger partial charge < -0.3 is 4.42 Å². The molecule has 0 spiro atoms. The maximum absolute atomic E-state index is 12.5. The van der Waals surface area contributed by atoms with E-state index in [1.165, 1.54) is 0 Å². The Morgan fingerprint density at radius 1 is 0.885 bits per heavy atom. The average Bonchev–Trinajstić information content (AvgIpc) is 3.01. The lowest BCUT2D eigenvalue weighted by molar-refractivity contribution is 0.0831. The first-order valence-corrected chi connectivity index (χ1v) is 8.61. The fourth-order valence-corrected chi connectivity index (χ4v) is 3.03. The van der Waals surface area contributed by atoms with Crippen LogP contribution in [0.5, 0.6) is 0 Å². The summed E-state index contributed by atoms with van der Waals surface area (Å²) in [4.78, 5) is 24.7. The fourth-order valence-electron chi connectivity index (χ4n) is 3.03. The molecular weight excluding hydrogens is 328 g/mol. The Morgan fingerprint density at radius 2 is 1.50 bits per heavy atom. The molecule has 0 aliphatic carbocycles. The van der Waals surface area contributed by atoms with E-state index in [2.05, 4.69) is 10.9 Å². The van der Waals surface area contributed by atoms with Gasteiger partial charge in [-0.05, 0) is 56.0 Å².